The van der Waals surface area contributed by atoms with Gasteiger partial charge in [-0.15, -0.1) is 0 Å². The van der Waals surface area contributed by atoms with E-state index in [2.05, 4.69) is 15.1 Å². The Labute approximate surface area is 170 Å². The molecule has 0 saturated carbocycles. The fraction of sp³-hybridized carbons (Fsp3) is 0.409. The zero-order chi connectivity index (χ0) is 20.5. The Kier molecular flexibility index (Phi) is 5.13. The van der Waals surface area contributed by atoms with E-state index in [-0.39, 0.29) is 11.9 Å². The largest absolute Gasteiger partial charge is 0.361 e. The van der Waals surface area contributed by atoms with Crippen LogP contribution < -0.4 is 0 Å². The van der Waals surface area contributed by atoms with Crippen molar-refractivity contribution in [2.24, 2.45) is 0 Å². The van der Waals surface area contributed by atoms with Crippen molar-refractivity contribution >= 4 is 5.91 Å². The van der Waals surface area contributed by atoms with E-state index in [1.54, 1.807) is 6.20 Å². The van der Waals surface area contributed by atoms with Gasteiger partial charge in [-0.1, -0.05) is 11.2 Å². The summed E-state index contributed by atoms with van der Waals surface area (Å²) in [7, 11) is 0. The summed E-state index contributed by atoms with van der Waals surface area (Å²) in [6.45, 7) is 8.32. The second-order valence-electron chi connectivity index (χ2n) is 7.64. The first-order valence-electron chi connectivity index (χ1n) is 9.97. The number of carbonyl (C=O) groups is 1. The highest BCUT2D eigenvalue weighted by Gasteiger charge is 2.31. The predicted molar refractivity (Wildman–Crippen MR) is 108 cm³/mol. The van der Waals surface area contributed by atoms with E-state index in [0.717, 1.165) is 47.5 Å². The van der Waals surface area contributed by atoms with Crippen LogP contribution in [0, 0.1) is 27.7 Å². The minimum atomic E-state index is -0.0985. The fourth-order valence-electron chi connectivity index (χ4n) is 4.01. The summed E-state index contributed by atoms with van der Waals surface area (Å²) < 4.78 is 5.30. The lowest BCUT2D eigenvalue weighted by atomic mass is 9.97. The minimum absolute atomic E-state index is 0.0389. The maximum atomic E-state index is 13.3. The van der Waals surface area contributed by atoms with Gasteiger partial charge in [-0.05, 0) is 64.7 Å². The van der Waals surface area contributed by atoms with Crippen LogP contribution in [0.15, 0.2) is 28.9 Å². The highest BCUT2D eigenvalue weighted by atomic mass is 16.5. The monoisotopic (exact) mass is 391 g/mol. The first kappa shape index (κ1) is 19.2. The summed E-state index contributed by atoms with van der Waals surface area (Å²) in [6.07, 6.45) is 4.58. The van der Waals surface area contributed by atoms with Crippen LogP contribution in [0.2, 0.25) is 0 Å². The first-order valence-corrected chi connectivity index (χ1v) is 9.97. The van der Waals surface area contributed by atoms with E-state index in [9.17, 15) is 4.79 Å². The smallest absolute Gasteiger partial charge is 0.273 e. The molecule has 7 heteroatoms. The number of aryl methyl sites for hydroxylation is 4. The molecule has 1 fully saturated rings. The molecule has 3 aromatic rings. The summed E-state index contributed by atoms with van der Waals surface area (Å²) in [4.78, 5) is 29.0. The highest BCUT2D eigenvalue weighted by Crippen LogP contribution is 2.33. The number of pyridine rings is 1. The Bertz CT molecular complexity index is 1040. The summed E-state index contributed by atoms with van der Waals surface area (Å²) >= 11 is 0. The molecule has 0 aromatic carbocycles. The Morgan fingerprint density at radius 1 is 1.17 bits per heavy atom. The first-order chi connectivity index (χ1) is 14.0. The number of piperidine rings is 1. The van der Waals surface area contributed by atoms with Crippen molar-refractivity contribution in [3.05, 3.63) is 58.5 Å². The number of carbonyl (C=O) groups excluding carboxylic acids is 1. The van der Waals surface area contributed by atoms with Gasteiger partial charge in [-0.3, -0.25) is 9.78 Å². The average Bonchev–Trinajstić information content (AvgIpc) is 3.05. The zero-order valence-electron chi connectivity index (χ0n) is 17.3. The number of likely N-dealkylation sites (tertiary alicyclic amines) is 1. The lowest BCUT2D eigenvalue weighted by molar-refractivity contribution is 0.0599. The van der Waals surface area contributed by atoms with Gasteiger partial charge in [0.2, 0.25) is 0 Å². The molecule has 0 N–H and O–H groups in total. The van der Waals surface area contributed by atoms with Gasteiger partial charge >= 0.3 is 0 Å². The van der Waals surface area contributed by atoms with E-state index < -0.39 is 0 Å². The number of amides is 1. The number of aromatic nitrogens is 4. The Hall–Kier alpha value is -3.09. The lowest BCUT2D eigenvalue weighted by Crippen LogP contribution is -2.39. The van der Waals surface area contributed by atoms with Crippen molar-refractivity contribution in [1.29, 1.82) is 0 Å². The Balaban J connectivity index is 1.74. The molecule has 1 amide bonds. The third-order valence-electron chi connectivity index (χ3n) is 5.45. The summed E-state index contributed by atoms with van der Waals surface area (Å²) in [5.74, 6) is 1.26. The van der Waals surface area contributed by atoms with Crippen molar-refractivity contribution in [2.75, 3.05) is 6.54 Å². The molecular weight excluding hydrogens is 366 g/mol. The third-order valence-corrected chi connectivity index (χ3v) is 5.45. The second-order valence-corrected chi connectivity index (χ2v) is 7.64. The van der Waals surface area contributed by atoms with Gasteiger partial charge in [0.25, 0.3) is 5.91 Å². The van der Waals surface area contributed by atoms with Gasteiger partial charge in [0.05, 0.1) is 23.0 Å². The standard InChI is InChI=1S/C22H25N5O2/c1-13-8-7-10-23-20(13)22(28)27-11-6-5-9-18(27)17-12-14(2)24-21(25-17)19-15(3)26-29-16(19)4/h7-8,10,12,18H,5-6,9,11H2,1-4H3. The average molecular weight is 391 g/mol. The van der Waals surface area contributed by atoms with E-state index >= 15 is 0 Å². The molecule has 1 atom stereocenters. The highest BCUT2D eigenvalue weighted by molar-refractivity contribution is 5.94. The Morgan fingerprint density at radius 2 is 2.00 bits per heavy atom. The Morgan fingerprint density at radius 3 is 2.72 bits per heavy atom. The van der Waals surface area contributed by atoms with E-state index in [1.165, 1.54) is 0 Å². The van der Waals surface area contributed by atoms with Gasteiger partial charge in [-0.2, -0.15) is 0 Å². The molecule has 7 nitrogen and oxygen atoms in total. The predicted octanol–water partition coefficient (Wildman–Crippen LogP) is 4.13. The summed E-state index contributed by atoms with van der Waals surface area (Å²) in [6, 6.07) is 5.65. The van der Waals surface area contributed by atoms with Crippen LogP contribution in [0.1, 0.15) is 64.2 Å². The molecular formula is C22H25N5O2. The lowest BCUT2D eigenvalue weighted by Gasteiger charge is -2.35. The van der Waals surface area contributed by atoms with Crippen molar-refractivity contribution in [1.82, 2.24) is 25.0 Å². The van der Waals surface area contributed by atoms with Crippen molar-refractivity contribution < 1.29 is 9.32 Å². The number of hydrogen-bond acceptors (Lipinski definition) is 6. The number of nitrogens with zero attached hydrogens (tertiary/aromatic N) is 5. The van der Waals surface area contributed by atoms with E-state index in [0.29, 0.717) is 23.8 Å². The molecule has 0 bridgehead atoms. The fourth-order valence-corrected chi connectivity index (χ4v) is 4.01. The number of rotatable bonds is 3. The molecule has 150 valence electrons. The van der Waals surface area contributed by atoms with Crippen molar-refractivity contribution in [2.45, 2.75) is 53.0 Å². The topological polar surface area (TPSA) is 85.0 Å². The molecule has 4 heterocycles. The maximum absolute atomic E-state index is 13.3. The molecule has 4 rings (SSSR count). The molecule has 3 aromatic heterocycles. The third kappa shape index (κ3) is 3.64. The van der Waals surface area contributed by atoms with Crippen LogP contribution in [-0.2, 0) is 0 Å². The second kappa shape index (κ2) is 7.73. The van der Waals surface area contributed by atoms with Crippen LogP contribution in [0.25, 0.3) is 11.4 Å². The molecule has 0 aliphatic carbocycles. The van der Waals surface area contributed by atoms with Crippen molar-refractivity contribution in [3.63, 3.8) is 0 Å². The van der Waals surface area contributed by atoms with E-state index in [4.69, 9.17) is 9.51 Å². The van der Waals surface area contributed by atoms with Gasteiger partial charge in [0, 0.05) is 18.4 Å². The molecule has 1 aliphatic heterocycles. The summed E-state index contributed by atoms with van der Waals surface area (Å²) in [5, 5.41) is 4.03. The molecule has 1 saturated heterocycles. The molecule has 1 unspecified atom stereocenters. The normalized spacial score (nSPS) is 16.8. The zero-order valence-corrected chi connectivity index (χ0v) is 17.3. The molecule has 0 spiro atoms. The van der Waals surface area contributed by atoms with Gasteiger partial charge in [0.1, 0.15) is 11.5 Å². The quantitative estimate of drug-likeness (QED) is 0.667. The maximum Gasteiger partial charge on any atom is 0.273 e. The molecule has 29 heavy (non-hydrogen) atoms. The van der Waals surface area contributed by atoms with Gasteiger partial charge in [0.15, 0.2) is 5.82 Å². The van der Waals surface area contributed by atoms with Crippen LogP contribution in [0.3, 0.4) is 0 Å². The SMILES string of the molecule is Cc1cc(C2CCCCN2C(=O)c2ncccc2C)nc(-c2c(C)noc2C)n1. The summed E-state index contributed by atoms with van der Waals surface area (Å²) in [5.41, 5.74) is 4.70. The van der Waals surface area contributed by atoms with Gasteiger partial charge < -0.3 is 9.42 Å². The molecule has 1 aliphatic rings. The van der Waals surface area contributed by atoms with Crippen LogP contribution >= 0.6 is 0 Å². The number of hydrogen-bond donors (Lipinski definition) is 0. The minimum Gasteiger partial charge on any atom is -0.361 e. The molecule has 0 radical (unpaired) electrons. The van der Waals surface area contributed by atoms with Crippen LogP contribution in [-0.4, -0.2) is 37.5 Å². The van der Waals surface area contributed by atoms with Crippen LogP contribution in [0.5, 0.6) is 0 Å². The van der Waals surface area contributed by atoms with E-state index in [1.807, 2.05) is 50.8 Å². The van der Waals surface area contributed by atoms with Crippen molar-refractivity contribution in [3.8, 4) is 11.4 Å². The van der Waals surface area contributed by atoms with Gasteiger partial charge in [-0.25, -0.2) is 9.97 Å². The van der Waals surface area contributed by atoms with Crippen LogP contribution in [0.4, 0.5) is 0 Å².